The van der Waals surface area contributed by atoms with Crippen LogP contribution in [0.1, 0.15) is 26.7 Å². The molecule has 0 saturated carbocycles. The number of benzene rings is 1. The Balaban J connectivity index is 2.71. The van der Waals surface area contributed by atoms with Crippen molar-refractivity contribution in [2.45, 2.75) is 32.2 Å². The molecule has 0 aliphatic heterocycles. The Morgan fingerprint density at radius 3 is 2.52 bits per heavy atom. The van der Waals surface area contributed by atoms with Gasteiger partial charge in [0.15, 0.2) is 6.61 Å². The fourth-order valence-electron chi connectivity index (χ4n) is 2.15. The molecule has 0 unspecified atom stereocenters. The van der Waals surface area contributed by atoms with E-state index in [0.29, 0.717) is 12.3 Å². The number of nitrogens with two attached hydrogens (primary N) is 1. The fraction of sp³-hybridized carbons (Fsp3) is 0.533. The summed E-state index contributed by atoms with van der Waals surface area (Å²) in [6.07, 6.45) is 1.44. The van der Waals surface area contributed by atoms with Gasteiger partial charge >= 0.3 is 5.69 Å². The number of hydrogen-bond acceptors (Lipinski definition) is 6. The van der Waals surface area contributed by atoms with Crippen LogP contribution in [-0.4, -0.2) is 36.6 Å². The lowest BCUT2D eigenvalue weighted by atomic mass is 9.93. The van der Waals surface area contributed by atoms with Crippen LogP contribution in [-0.2, 0) is 4.79 Å². The van der Waals surface area contributed by atoms with E-state index in [9.17, 15) is 14.9 Å². The number of nitro groups is 1. The van der Waals surface area contributed by atoms with Gasteiger partial charge in [-0.3, -0.25) is 14.9 Å². The van der Waals surface area contributed by atoms with Crippen LogP contribution in [0.25, 0.3) is 0 Å². The van der Waals surface area contributed by atoms with E-state index in [2.05, 4.69) is 5.32 Å². The first-order valence-corrected chi connectivity index (χ1v) is 7.37. The Bertz CT molecular complexity index is 550. The van der Waals surface area contributed by atoms with Gasteiger partial charge in [-0.05, 0) is 18.9 Å². The van der Waals surface area contributed by atoms with Crippen LogP contribution < -0.4 is 20.5 Å². The number of amides is 1. The predicted molar refractivity (Wildman–Crippen MR) is 85.7 cm³/mol. The van der Waals surface area contributed by atoms with Gasteiger partial charge in [-0.15, -0.1) is 0 Å². The zero-order valence-electron chi connectivity index (χ0n) is 13.6. The highest BCUT2D eigenvalue weighted by Crippen LogP contribution is 2.30. The lowest BCUT2D eigenvalue weighted by Gasteiger charge is -2.31. The van der Waals surface area contributed by atoms with Gasteiger partial charge in [-0.25, -0.2) is 0 Å². The van der Waals surface area contributed by atoms with Crippen LogP contribution in [0, 0.1) is 10.1 Å². The van der Waals surface area contributed by atoms with E-state index in [0.717, 1.165) is 12.8 Å². The van der Waals surface area contributed by atoms with E-state index in [1.807, 2.05) is 13.8 Å². The molecule has 23 heavy (non-hydrogen) atoms. The highest BCUT2D eigenvalue weighted by atomic mass is 16.6. The summed E-state index contributed by atoms with van der Waals surface area (Å²) in [5.41, 5.74) is 5.13. The van der Waals surface area contributed by atoms with Gasteiger partial charge in [-0.2, -0.15) is 0 Å². The molecular weight excluding hydrogens is 302 g/mol. The molecule has 1 rings (SSSR count). The molecule has 8 heteroatoms. The second-order valence-electron chi connectivity index (χ2n) is 5.12. The van der Waals surface area contributed by atoms with Crippen LogP contribution in [0.3, 0.4) is 0 Å². The summed E-state index contributed by atoms with van der Waals surface area (Å²) in [7, 11) is 1.33. The Labute approximate surface area is 135 Å². The van der Waals surface area contributed by atoms with Crippen molar-refractivity contribution in [3.63, 3.8) is 0 Å². The molecule has 0 heterocycles. The maximum atomic E-state index is 12.0. The van der Waals surface area contributed by atoms with Crippen LogP contribution in [0.15, 0.2) is 18.2 Å². The molecule has 0 aliphatic rings. The zero-order valence-corrected chi connectivity index (χ0v) is 13.6. The molecule has 0 saturated heterocycles. The van der Waals surface area contributed by atoms with Crippen LogP contribution in [0.5, 0.6) is 11.5 Å². The number of nitrogens with zero attached hydrogens (tertiary/aromatic N) is 1. The van der Waals surface area contributed by atoms with E-state index >= 15 is 0 Å². The first kappa shape index (κ1) is 18.7. The Morgan fingerprint density at radius 2 is 2.04 bits per heavy atom. The highest BCUT2D eigenvalue weighted by Gasteiger charge is 2.26. The maximum absolute atomic E-state index is 12.0. The number of carbonyl (C=O) groups excluding carboxylic acids is 1. The van der Waals surface area contributed by atoms with Crippen LogP contribution in [0.2, 0.25) is 0 Å². The standard InChI is InChI=1S/C15H23N3O5/c1-4-15(5-2,10-16)17-14(19)9-23-11-6-7-12(18(20)21)13(8-11)22-3/h6-8H,4-5,9-10,16H2,1-3H3,(H,17,19). The van der Waals surface area contributed by atoms with Gasteiger partial charge in [0, 0.05) is 18.7 Å². The van der Waals surface area contributed by atoms with Gasteiger partial charge < -0.3 is 20.5 Å². The predicted octanol–water partition coefficient (Wildman–Crippen LogP) is 1.62. The molecule has 1 aromatic carbocycles. The lowest BCUT2D eigenvalue weighted by molar-refractivity contribution is -0.385. The van der Waals surface area contributed by atoms with E-state index in [1.165, 1.54) is 25.3 Å². The van der Waals surface area contributed by atoms with Crippen LogP contribution >= 0.6 is 0 Å². The van der Waals surface area contributed by atoms with E-state index in [4.69, 9.17) is 15.2 Å². The number of carbonyl (C=O) groups is 1. The average Bonchev–Trinajstić information content (AvgIpc) is 2.57. The van der Waals surface area contributed by atoms with Gasteiger partial charge in [0.05, 0.1) is 17.6 Å². The minimum Gasteiger partial charge on any atom is -0.490 e. The van der Waals surface area contributed by atoms with Gasteiger partial charge in [-0.1, -0.05) is 13.8 Å². The smallest absolute Gasteiger partial charge is 0.311 e. The second-order valence-corrected chi connectivity index (χ2v) is 5.12. The summed E-state index contributed by atoms with van der Waals surface area (Å²) in [6.45, 7) is 4.05. The molecule has 128 valence electrons. The molecule has 0 fully saturated rings. The lowest BCUT2D eigenvalue weighted by Crippen LogP contribution is -2.54. The largest absolute Gasteiger partial charge is 0.490 e. The summed E-state index contributed by atoms with van der Waals surface area (Å²) < 4.78 is 10.3. The summed E-state index contributed by atoms with van der Waals surface area (Å²) in [4.78, 5) is 22.3. The molecule has 0 bridgehead atoms. The van der Waals surface area contributed by atoms with Crippen LogP contribution in [0.4, 0.5) is 5.69 Å². The molecule has 3 N–H and O–H groups in total. The van der Waals surface area contributed by atoms with E-state index in [1.54, 1.807) is 0 Å². The Morgan fingerprint density at radius 1 is 1.39 bits per heavy atom. The Kier molecular flexibility index (Phi) is 6.77. The van der Waals surface area contributed by atoms with Gasteiger partial charge in [0.2, 0.25) is 5.75 Å². The average molecular weight is 325 g/mol. The minimum atomic E-state index is -0.548. The molecule has 1 amide bonds. The summed E-state index contributed by atoms with van der Waals surface area (Å²) in [5.74, 6) is 0.0942. The zero-order chi connectivity index (χ0) is 17.5. The maximum Gasteiger partial charge on any atom is 0.311 e. The number of ether oxygens (including phenoxy) is 2. The SMILES string of the molecule is CCC(CC)(CN)NC(=O)COc1ccc([N+](=O)[O-])c(OC)c1. The van der Waals surface area contributed by atoms with Crippen molar-refractivity contribution in [3.05, 3.63) is 28.3 Å². The number of methoxy groups -OCH3 is 1. The van der Waals surface area contributed by atoms with Crippen molar-refractivity contribution in [1.82, 2.24) is 5.32 Å². The molecule has 1 aromatic rings. The van der Waals surface area contributed by atoms with Crippen molar-refractivity contribution in [3.8, 4) is 11.5 Å². The topological polar surface area (TPSA) is 117 Å². The van der Waals surface area contributed by atoms with Crippen molar-refractivity contribution in [2.24, 2.45) is 5.73 Å². The van der Waals surface area contributed by atoms with Gasteiger partial charge in [0.25, 0.3) is 5.91 Å². The molecule has 0 aliphatic carbocycles. The molecule has 0 atom stereocenters. The number of hydrogen-bond donors (Lipinski definition) is 2. The second kappa shape index (κ2) is 8.33. The van der Waals surface area contributed by atoms with Gasteiger partial charge in [0.1, 0.15) is 5.75 Å². The normalized spacial score (nSPS) is 11.0. The number of nitrogens with one attached hydrogen (secondary N) is 1. The molecule has 0 radical (unpaired) electrons. The van der Waals surface area contributed by atoms with Crippen molar-refractivity contribution in [1.29, 1.82) is 0 Å². The van der Waals surface area contributed by atoms with Crippen molar-refractivity contribution in [2.75, 3.05) is 20.3 Å². The minimum absolute atomic E-state index is 0.0753. The van der Waals surface area contributed by atoms with E-state index < -0.39 is 10.5 Å². The first-order valence-electron chi connectivity index (χ1n) is 7.37. The molecular formula is C15H23N3O5. The monoisotopic (exact) mass is 325 g/mol. The summed E-state index contributed by atoms with van der Waals surface area (Å²) in [5, 5.41) is 13.7. The first-order chi connectivity index (χ1) is 10.9. The number of rotatable bonds is 9. The molecule has 0 spiro atoms. The summed E-state index contributed by atoms with van der Waals surface area (Å²) >= 11 is 0. The van der Waals surface area contributed by atoms with Crippen molar-refractivity contribution < 1.29 is 19.2 Å². The van der Waals surface area contributed by atoms with Crippen molar-refractivity contribution >= 4 is 11.6 Å². The number of nitro benzene ring substituents is 1. The highest BCUT2D eigenvalue weighted by molar-refractivity contribution is 5.78. The molecule has 8 nitrogen and oxygen atoms in total. The summed E-state index contributed by atoms with van der Waals surface area (Å²) in [6, 6.07) is 4.07. The third-order valence-electron chi connectivity index (χ3n) is 3.87. The Hall–Kier alpha value is -2.35. The molecule has 0 aromatic heterocycles. The van der Waals surface area contributed by atoms with E-state index in [-0.39, 0.29) is 24.0 Å². The third-order valence-corrected chi connectivity index (χ3v) is 3.87. The fourth-order valence-corrected chi connectivity index (χ4v) is 2.15. The third kappa shape index (κ3) is 4.82. The quantitative estimate of drug-likeness (QED) is 0.526.